The third-order valence-electron chi connectivity index (χ3n) is 1.27. The van der Waals surface area contributed by atoms with Crippen LogP contribution in [0.15, 0.2) is 12.3 Å². The number of halogens is 2. The molecule has 0 aliphatic rings. The van der Waals surface area contributed by atoms with Crippen LogP contribution in [0.5, 0.6) is 0 Å². The minimum absolute atomic E-state index is 0.479. The number of aromatic nitrogens is 1. The van der Waals surface area contributed by atoms with Crippen LogP contribution in [-0.4, -0.2) is 11.5 Å². The normalized spacial score (nSPS) is 10.1. The largest absolute Gasteiger partial charge is 0.330 e. The number of hydrogen-bond donors (Lipinski definition) is 1. The second-order valence-electron chi connectivity index (χ2n) is 2.13. The van der Waals surface area contributed by atoms with Crippen LogP contribution >= 0.6 is 23.2 Å². The maximum absolute atomic E-state index is 5.74. The Morgan fingerprint density at radius 3 is 2.64 bits per heavy atom. The molecule has 0 aliphatic carbocycles. The van der Waals surface area contributed by atoms with Gasteiger partial charge in [-0.05, 0) is 12.6 Å². The number of pyridine rings is 1. The summed E-state index contributed by atoms with van der Waals surface area (Å²) >= 11 is 11.4. The fraction of sp³-hybridized carbons (Fsp3) is 0.286. The summed E-state index contributed by atoms with van der Waals surface area (Å²) in [4.78, 5) is 4.03. The van der Waals surface area contributed by atoms with Crippen LogP contribution < -0.4 is 5.73 Å². The lowest BCUT2D eigenvalue weighted by Gasteiger charge is -1.98. The molecule has 0 aromatic carbocycles. The molecule has 0 amide bonds. The topological polar surface area (TPSA) is 38.9 Å². The first-order valence-corrected chi connectivity index (χ1v) is 3.99. The van der Waals surface area contributed by atoms with Crippen LogP contribution in [0.4, 0.5) is 0 Å². The van der Waals surface area contributed by atoms with Crippen molar-refractivity contribution >= 4 is 23.2 Å². The van der Waals surface area contributed by atoms with Crippen LogP contribution in [0, 0.1) is 0 Å². The van der Waals surface area contributed by atoms with Crippen molar-refractivity contribution in [2.75, 3.05) is 6.54 Å². The van der Waals surface area contributed by atoms with E-state index in [1.165, 1.54) is 6.20 Å². The Kier molecular flexibility index (Phi) is 3.12. The van der Waals surface area contributed by atoms with E-state index in [0.29, 0.717) is 16.6 Å². The molecule has 0 aliphatic heterocycles. The van der Waals surface area contributed by atoms with E-state index in [1.807, 2.05) is 0 Å². The van der Waals surface area contributed by atoms with Crippen LogP contribution in [0.2, 0.25) is 10.0 Å². The van der Waals surface area contributed by atoms with E-state index in [4.69, 9.17) is 28.9 Å². The van der Waals surface area contributed by atoms with E-state index in [2.05, 4.69) is 4.98 Å². The SMILES string of the molecule is NCCc1cc(Cl)c(Cl)cn1. The van der Waals surface area contributed by atoms with E-state index >= 15 is 0 Å². The molecule has 11 heavy (non-hydrogen) atoms. The molecule has 1 heterocycles. The molecule has 0 radical (unpaired) electrons. The molecular formula is C7H8Cl2N2. The van der Waals surface area contributed by atoms with E-state index in [0.717, 1.165) is 12.1 Å². The highest BCUT2D eigenvalue weighted by Gasteiger charge is 1.98. The summed E-state index contributed by atoms with van der Waals surface area (Å²) in [5, 5.41) is 1.01. The number of nitrogens with zero attached hydrogens (tertiary/aromatic N) is 1. The van der Waals surface area contributed by atoms with Gasteiger partial charge >= 0.3 is 0 Å². The Bertz CT molecular complexity index is 250. The van der Waals surface area contributed by atoms with Crippen molar-refractivity contribution in [2.24, 2.45) is 5.73 Å². The number of nitrogens with two attached hydrogens (primary N) is 1. The second-order valence-corrected chi connectivity index (χ2v) is 2.94. The van der Waals surface area contributed by atoms with Gasteiger partial charge in [-0.1, -0.05) is 23.2 Å². The van der Waals surface area contributed by atoms with Gasteiger partial charge < -0.3 is 5.73 Å². The van der Waals surface area contributed by atoms with Gasteiger partial charge in [-0.15, -0.1) is 0 Å². The zero-order valence-corrected chi connectivity index (χ0v) is 7.36. The predicted molar refractivity (Wildman–Crippen MR) is 47.0 cm³/mol. The molecule has 0 spiro atoms. The Morgan fingerprint density at radius 2 is 2.09 bits per heavy atom. The molecule has 0 atom stereocenters. The average Bonchev–Trinajstić information content (AvgIpc) is 1.98. The van der Waals surface area contributed by atoms with E-state index in [-0.39, 0.29) is 0 Å². The van der Waals surface area contributed by atoms with Gasteiger partial charge in [-0.25, -0.2) is 0 Å². The third-order valence-corrected chi connectivity index (χ3v) is 1.98. The van der Waals surface area contributed by atoms with Gasteiger partial charge in [0.15, 0.2) is 0 Å². The fourth-order valence-corrected chi connectivity index (χ4v) is 1.02. The van der Waals surface area contributed by atoms with E-state index < -0.39 is 0 Å². The van der Waals surface area contributed by atoms with Crippen LogP contribution in [0.3, 0.4) is 0 Å². The molecule has 1 aromatic heterocycles. The Morgan fingerprint density at radius 1 is 1.36 bits per heavy atom. The highest BCUT2D eigenvalue weighted by Crippen LogP contribution is 2.20. The minimum atomic E-state index is 0.479. The predicted octanol–water partition coefficient (Wildman–Crippen LogP) is 1.89. The maximum Gasteiger partial charge on any atom is 0.0775 e. The van der Waals surface area contributed by atoms with Crippen molar-refractivity contribution in [2.45, 2.75) is 6.42 Å². The molecule has 0 bridgehead atoms. The summed E-state index contributed by atoms with van der Waals surface area (Å²) in [7, 11) is 0. The first kappa shape index (κ1) is 8.78. The first-order chi connectivity index (χ1) is 5.24. The van der Waals surface area contributed by atoms with Crippen LogP contribution in [-0.2, 0) is 6.42 Å². The van der Waals surface area contributed by atoms with Gasteiger partial charge in [0, 0.05) is 18.3 Å². The maximum atomic E-state index is 5.74. The Balaban J connectivity index is 2.86. The smallest absolute Gasteiger partial charge is 0.0775 e. The van der Waals surface area contributed by atoms with Crippen molar-refractivity contribution in [3.63, 3.8) is 0 Å². The van der Waals surface area contributed by atoms with Gasteiger partial charge in [-0.3, -0.25) is 4.98 Å². The molecule has 0 saturated heterocycles. The molecule has 60 valence electrons. The number of hydrogen-bond acceptors (Lipinski definition) is 2. The van der Waals surface area contributed by atoms with Gasteiger partial charge in [-0.2, -0.15) is 0 Å². The van der Waals surface area contributed by atoms with Crippen molar-refractivity contribution in [3.05, 3.63) is 28.0 Å². The Labute approximate surface area is 75.3 Å². The molecule has 0 unspecified atom stereocenters. The molecule has 4 heteroatoms. The van der Waals surface area contributed by atoms with Gasteiger partial charge in [0.2, 0.25) is 0 Å². The lowest BCUT2D eigenvalue weighted by molar-refractivity contribution is 0.923. The summed E-state index contributed by atoms with van der Waals surface area (Å²) < 4.78 is 0. The highest BCUT2D eigenvalue weighted by molar-refractivity contribution is 6.41. The standard InChI is InChI=1S/C7H8Cl2N2/c8-6-3-5(1-2-10)11-4-7(6)9/h3-4H,1-2,10H2. The summed E-state index contributed by atoms with van der Waals surface area (Å²) in [6.07, 6.45) is 2.27. The second kappa shape index (κ2) is 3.90. The minimum Gasteiger partial charge on any atom is -0.330 e. The van der Waals surface area contributed by atoms with Gasteiger partial charge in [0.1, 0.15) is 0 Å². The monoisotopic (exact) mass is 190 g/mol. The van der Waals surface area contributed by atoms with E-state index in [9.17, 15) is 0 Å². The van der Waals surface area contributed by atoms with Gasteiger partial charge in [0.25, 0.3) is 0 Å². The van der Waals surface area contributed by atoms with Crippen LogP contribution in [0.1, 0.15) is 5.69 Å². The third kappa shape index (κ3) is 2.33. The molecule has 1 aromatic rings. The fourth-order valence-electron chi connectivity index (χ4n) is 0.738. The molecule has 0 saturated carbocycles. The van der Waals surface area contributed by atoms with E-state index in [1.54, 1.807) is 6.07 Å². The van der Waals surface area contributed by atoms with Gasteiger partial charge in [0.05, 0.1) is 10.0 Å². The zero-order chi connectivity index (χ0) is 8.27. The van der Waals surface area contributed by atoms with Crippen molar-refractivity contribution < 1.29 is 0 Å². The lowest BCUT2D eigenvalue weighted by Crippen LogP contribution is -2.03. The first-order valence-electron chi connectivity index (χ1n) is 3.24. The zero-order valence-electron chi connectivity index (χ0n) is 5.85. The summed E-state index contributed by atoms with van der Waals surface area (Å²) in [6, 6.07) is 1.73. The molecular weight excluding hydrogens is 183 g/mol. The summed E-state index contributed by atoms with van der Waals surface area (Å²) in [6.45, 7) is 0.574. The highest BCUT2D eigenvalue weighted by atomic mass is 35.5. The molecule has 2 N–H and O–H groups in total. The van der Waals surface area contributed by atoms with Crippen molar-refractivity contribution in [1.29, 1.82) is 0 Å². The van der Waals surface area contributed by atoms with Crippen molar-refractivity contribution in [1.82, 2.24) is 4.98 Å². The number of rotatable bonds is 2. The van der Waals surface area contributed by atoms with Crippen molar-refractivity contribution in [3.8, 4) is 0 Å². The summed E-state index contributed by atoms with van der Waals surface area (Å²) in [5.41, 5.74) is 6.21. The lowest BCUT2D eigenvalue weighted by atomic mass is 10.3. The molecule has 1 rings (SSSR count). The Hall–Kier alpha value is -0.310. The molecule has 0 fully saturated rings. The quantitative estimate of drug-likeness (QED) is 0.775. The molecule has 2 nitrogen and oxygen atoms in total. The average molecular weight is 191 g/mol. The summed E-state index contributed by atoms with van der Waals surface area (Å²) in [5.74, 6) is 0. The van der Waals surface area contributed by atoms with Crippen LogP contribution in [0.25, 0.3) is 0 Å².